The van der Waals surface area contributed by atoms with Crippen LogP contribution in [0.2, 0.25) is 0 Å². The third-order valence-corrected chi connectivity index (χ3v) is 11.6. The predicted molar refractivity (Wildman–Crippen MR) is 288 cm³/mol. The van der Waals surface area contributed by atoms with Crippen molar-refractivity contribution in [3.8, 4) is 0 Å². The molecule has 0 amide bonds. The maximum atomic E-state index is 12.8. The smallest absolute Gasteiger partial charge is 0.306 e. The predicted octanol–water partition coefficient (Wildman–Crippen LogP) is 18.5. The number of unbranched alkanes of at least 4 members (excludes halogenated alkanes) is 22. The average molecular weight is 931 g/mol. The van der Waals surface area contributed by atoms with Gasteiger partial charge in [-0.05, 0) is 103 Å². The summed E-state index contributed by atoms with van der Waals surface area (Å²) in [7, 11) is 0. The van der Waals surface area contributed by atoms with Gasteiger partial charge in [0, 0.05) is 19.3 Å². The van der Waals surface area contributed by atoms with Crippen LogP contribution in [0.25, 0.3) is 0 Å². The Kier molecular flexibility index (Phi) is 51.9. The van der Waals surface area contributed by atoms with Crippen LogP contribution in [0, 0.1) is 0 Å². The van der Waals surface area contributed by atoms with Crippen LogP contribution < -0.4 is 0 Å². The highest BCUT2D eigenvalue weighted by atomic mass is 16.6. The molecule has 0 aliphatic rings. The average Bonchev–Trinajstić information content (AvgIpc) is 3.33. The molecule has 0 saturated carbocycles. The number of ether oxygens (including phenoxy) is 3. The first-order valence-electron chi connectivity index (χ1n) is 27.7. The molecular weight excluding hydrogens is 829 g/mol. The first kappa shape index (κ1) is 63.3. The van der Waals surface area contributed by atoms with Gasteiger partial charge in [-0.3, -0.25) is 14.4 Å². The summed E-state index contributed by atoms with van der Waals surface area (Å²) in [4.78, 5) is 37.8. The summed E-state index contributed by atoms with van der Waals surface area (Å²) in [6, 6.07) is 0. The molecule has 1 atom stereocenters. The van der Waals surface area contributed by atoms with Gasteiger partial charge in [-0.2, -0.15) is 0 Å². The standard InChI is InChI=1S/C61H102O6/c1-4-7-10-13-16-18-20-22-24-26-27-28-29-30-31-32-33-34-35-36-38-39-41-43-45-48-51-54-60(63)66-57-58(56-65-59(62)53-50-47-15-12-9-6-3)67-61(64)55-52-49-46-44-42-40-37-25-23-21-19-17-14-11-8-5-2/h7,10,16,18,22,24-25,27-28,30-31,33-34,36-38,58H,4-6,8-9,11-15,17,19-21,23,26,29,32,35,39-57H2,1-3H3/b10-7-,18-16-,24-22-,28-27-,31-30-,34-33-,37-25-,38-36-. The normalized spacial score (nSPS) is 12.8. The zero-order valence-electron chi connectivity index (χ0n) is 43.6. The van der Waals surface area contributed by atoms with Gasteiger partial charge in [0.1, 0.15) is 13.2 Å². The summed E-state index contributed by atoms with van der Waals surface area (Å²) in [6.07, 6.45) is 72.8. The van der Waals surface area contributed by atoms with E-state index in [2.05, 4.69) is 118 Å². The molecule has 0 aromatic heterocycles. The minimum atomic E-state index is -0.787. The number of hydrogen-bond acceptors (Lipinski definition) is 6. The lowest BCUT2D eigenvalue weighted by Crippen LogP contribution is -2.30. The number of esters is 3. The molecule has 1 unspecified atom stereocenters. The Morgan fingerprint density at radius 3 is 0.925 bits per heavy atom. The molecule has 0 spiro atoms. The summed E-state index contributed by atoms with van der Waals surface area (Å²) < 4.78 is 16.7. The second-order valence-electron chi connectivity index (χ2n) is 18.1. The van der Waals surface area contributed by atoms with Crippen molar-refractivity contribution < 1.29 is 28.6 Å². The fourth-order valence-corrected chi connectivity index (χ4v) is 7.42. The zero-order valence-corrected chi connectivity index (χ0v) is 43.6. The second kappa shape index (κ2) is 54.9. The molecule has 0 aromatic carbocycles. The van der Waals surface area contributed by atoms with E-state index in [1.807, 2.05) is 0 Å². The Morgan fingerprint density at radius 2 is 0.582 bits per heavy atom. The van der Waals surface area contributed by atoms with Gasteiger partial charge in [0.15, 0.2) is 6.10 Å². The Labute approximate surface area is 413 Å². The Bertz CT molecular complexity index is 1350. The number of hydrogen-bond donors (Lipinski definition) is 0. The number of carbonyl (C=O) groups is 3. The minimum Gasteiger partial charge on any atom is -0.462 e. The van der Waals surface area contributed by atoms with Crippen molar-refractivity contribution in [3.05, 3.63) is 97.2 Å². The summed E-state index contributed by atoms with van der Waals surface area (Å²) in [5.41, 5.74) is 0. The topological polar surface area (TPSA) is 78.9 Å². The van der Waals surface area contributed by atoms with Crippen molar-refractivity contribution in [3.63, 3.8) is 0 Å². The molecule has 0 aliphatic carbocycles. The molecule has 382 valence electrons. The molecule has 67 heavy (non-hydrogen) atoms. The van der Waals surface area contributed by atoms with Gasteiger partial charge in [0.05, 0.1) is 0 Å². The van der Waals surface area contributed by atoms with Crippen molar-refractivity contribution in [2.75, 3.05) is 13.2 Å². The van der Waals surface area contributed by atoms with Crippen LogP contribution in [0.1, 0.15) is 252 Å². The lowest BCUT2D eigenvalue weighted by molar-refractivity contribution is -0.167. The van der Waals surface area contributed by atoms with Crippen LogP contribution in [-0.4, -0.2) is 37.2 Å². The molecule has 6 heteroatoms. The first-order chi connectivity index (χ1) is 33.0. The molecule has 0 rings (SSSR count). The zero-order chi connectivity index (χ0) is 48.6. The third-order valence-electron chi connectivity index (χ3n) is 11.6. The Balaban J connectivity index is 4.22. The Morgan fingerprint density at radius 1 is 0.313 bits per heavy atom. The van der Waals surface area contributed by atoms with E-state index in [9.17, 15) is 14.4 Å². The fourth-order valence-electron chi connectivity index (χ4n) is 7.42. The molecule has 0 heterocycles. The maximum absolute atomic E-state index is 12.8. The van der Waals surface area contributed by atoms with Gasteiger partial charge in [0.25, 0.3) is 0 Å². The van der Waals surface area contributed by atoms with Crippen molar-refractivity contribution in [1.29, 1.82) is 0 Å². The van der Waals surface area contributed by atoms with Crippen LogP contribution in [0.15, 0.2) is 97.2 Å². The van der Waals surface area contributed by atoms with Crippen molar-refractivity contribution >= 4 is 17.9 Å². The second-order valence-corrected chi connectivity index (χ2v) is 18.1. The molecule has 0 saturated heterocycles. The van der Waals surface area contributed by atoms with E-state index in [0.717, 1.165) is 135 Å². The fraction of sp³-hybridized carbons (Fsp3) is 0.689. The summed E-state index contributed by atoms with van der Waals surface area (Å²) in [5, 5.41) is 0. The van der Waals surface area contributed by atoms with Crippen molar-refractivity contribution in [2.24, 2.45) is 0 Å². The lowest BCUT2D eigenvalue weighted by atomic mass is 10.1. The van der Waals surface area contributed by atoms with E-state index in [1.54, 1.807) is 0 Å². The van der Waals surface area contributed by atoms with Crippen LogP contribution in [0.3, 0.4) is 0 Å². The molecule has 0 aromatic rings. The number of rotatable bonds is 49. The summed E-state index contributed by atoms with van der Waals surface area (Å²) >= 11 is 0. The summed E-state index contributed by atoms with van der Waals surface area (Å²) in [6.45, 7) is 6.44. The monoisotopic (exact) mass is 931 g/mol. The number of carbonyl (C=O) groups excluding carboxylic acids is 3. The van der Waals surface area contributed by atoms with Crippen LogP contribution >= 0.6 is 0 Å². The van der Waals surface area contributed by atoms with Gasteiger partial charge in [-0.25, -0.2) is 0 Å². The van der Waals surface area contributed by atoms with E-state index in [-0.39, 0.29) is 31.1 Å². The quantitative estimate of drug-likeness (QED) is 0.0262. The van der Waals surface area contributed by atoms with Gasteiger partial charge in [-0.1, -0.05) is 227 Å². The highest BCUT2D eigenvalue weighted by molar-refractivity contribution is 5.71. The van der Waals surface area contributed by atoms with E-state index in [0.29, 0.717) is 19.3 Å². The van der Waals surface area contributed by atoms with Gasteiger partial charge in [0.2, 0.25) is 0 Å². The highest BCUT2D eigenvalue weighted by Crippen LogP contribution is 2.14. The van der Waals surface area contributed by atoms with Crippen molar-refractivity contribution in [2.45, 2.75) is 258 Å². The molecule has 0 bridgehead atoms. The maximum Gasteiger partial charge on any atom is 0.306 e. The molecular formula is C61H102O6. The van der Waals surface area contributed by atoms with Crippen molar-refractivity contribution in [1.82, 2.24) is 0 Å². The van der Waals surface area contributed by atoms with E-state index in [1.165, 1.54) is 77.0 Å². The van der Waals surface area contributed by atoms with Crippen LogP contribution in [0.4, 0.5) is 0 Å². The lowest BCUT2D eigenvalue weighted by Gasteiger charge is -2.18. The van der Waals surface area contributed by atoms with E-state index < -0.39 is 6.10 Å². The Hall–Kier alpha value is -3.67. The van der Waals surface area contributed by atoms with E-state index >= 15 is 0 Å². The SMILES string of the molecule is CC/C=C\C/C=C\C/C=C\C/C=C\C/C=C\C/C=C\C/C=C\CCCCCCCC(=O)OCC(COC(=O)CCCCCCCC)OC(=O)CCCCCCC/C=C\CCCCCCCCC. The molecule has 0 radical (unpaired) electrons. The van der Waals surface area contributed by atoms with Gasteiger partial charge >= 0.3 is 17.9 Å². The largest absolute Gasteiger partial charge is 0.462 e. The van der Waals surface area contributed by atoms with Gasteiger partial charge < -0.3 is 14.2 Å². The highest BCUT2D eigenvalue weighted by Gasteiger charge is 2.19. The molecule has 6 nitrogen and oxygen atoms in total. The van der Waals surface area contributed by atoms with Crippen LogP contribution in [-0.2, 0) is 28.6 Å². The summed E-state index contributed by atoms with van der Waals surface area (Å²) in [5.74, 6) is -0.926. The molecule has 0 aliphatic heterocycles. The van der Waals surface area contributed by atoms with Gasteiger partial charge in [-0.15, -0.1) is 0 Å². The third kappa shape index (κ3) is 53.2. The number of allylic oxidation sites excluding steroid dienone is 16. The van der Waals surface area contributed by atoms with E-state index in [4.69, 9.17) is 14.2 Å². The first-order valence-corrected chi connectivity index (χ1v) is 27.7. The van der Waals surface area contributed by atoms with Crippen LogP contribution in [0.5, 0.6) is 0 Å². The minimum absolute atomic E-state index is 0.0873. The molecule has 0 N–H and O–H groups in total. The molecule has 0 fully saturated rings.